The predicted molar refractivity (Wildman–Crippen MR) is 132 cm³/mol. The molecule has 0 aliphatic heterocycles. The van der Waals surface area contributed by atoms with Crippen molar-refractivity contribution in [3.8, 4) is 17.2 Å². The van der Waals surface area contributed by atoms with E-state index in [1.165, 1.54) is 11.0 Å². The van der Waals surface area contributed by atoms with Gasteiger partial charge < -0.3 is 24.8 Å². The van der Waals surface area contributed by atoms with Crippen molar-refractivity contribution in [2.75, 3.05) is 26.0 Å². The molecule has 0 radical (unpaired) electrons. The molecule has 9 nitrogen and oxygen atoms in total. The van der Waals surface area contributed by atoms with E-state index >= 15 is 0 Å². The van der Waals surface area contributed by atoms with Crippen LogP contribution in [-0.2, 0) is 6.54 Å². The van der Waals surface area contributed by atoms with E-state index in [-0.39, 0.29) is 23.1 Å². The normalized spacial score (nSPS) is 13.7. The zero-order valence-electron chi connectivity index (χ0n) is 19.7. The summed E-state index contributed by atoms with van der Waals surface area (Å²) >= 11 is 6.38. The number of aliphatic hydroxyl groups excluding tert-OH is 1. The maximum atomic E-state index is 13.0. The number of halogens is 1. The van der Waals surface area contributed by atoms with Crippen LogP contribution in [0.4, 0.5) is 5.82 Å². The molecule has 0 saturated heterocycles. The summed E-state index contributed by atoms with van der Waals surface area (Å²) in [7, 11) is 3.31. The van der Waals surface area contributed by atoms with Crippen LogP contribution in [0.2, 0.25) is 5.02 Å². The lowest BCUT2D eigenvalue weighted by atomic mass is 10.1. The number of nitrogens with zero attached hydrogens (tertiary/aromatic N) is 3. The highest BCUT2D eigenvalue weighted by atomic mass is 35.5. The molecule has 1 fully saturated rings. The lowest BCUT2D eigenvalue weighted by Crippen LogP contribution is -2.23. The van der Waals surface area contributed by atoms with Gasteiger partial charge in [-0.25, -0.2) is 0 Å². The topological polar surface area (TPSA) is 106 Å². The minimum absolute atomic E-state index is 0.124. The molecule has 2 amide bonds. The van der Waals surface area contributed by atoms with Crippen LogP contribution in [-0.4, -0.2) is 57.9 Å². The van der Waals surface area contributed by atoms with E-state index in [2.05, 4.69) is 10.4 Å². The van der Waals surface area contributed by atoms with E-state index in [1.807, 2.05) is 6.92 Å². The highest BCUT2D eigenvalue weighted by Crippen LogP contribution is 2.41. The number of aliphatic hydroxyl groups is 1. The highest BCUT2D eigenvalue weighted by Gasteiger charge is 2.45. The summed E-state index contributed by atoms with van der Waals surface area (Å²) < 4.78 is 13.7. The molecule has 3 aromatic rings. The maximum absolute atomic E-state index is 13.0. The minimum Gasteiger partial charge on any atom is -0.485 e. The van der Waals surface area contributed by atoms with Crippen LogP contribution in [0.25, 0.3) is 0 Å². The van der Waals surface area contributed by atoms with Crippen molar-refractivity contribution in [3.05, 3.63) is 64.8 Å². The fraction of sp³-hybridized carbons (Fsp3) is 0.320. The van der Waals surface area contributed by atoms with E-state index < -0.39 is 11.5 Å². The van der Waals surface area contributed by atoms with E-state index in [4.69, 9.17) is 21.1 Å². The Bertz CT molecular complexity index is 1250. The number of anilines is 1. The Kier molecular flexibility index (Phi) is 7.00. The molecule has 0 bridgehead atoms. The molecule has 184 valence electrons. The zero-order chi connectivity index (χ0) is 25.2. The standard InChI is InChI=1S/C25H27ClN4O5/c1-4-30-10-7-22(28-30)27-23(32)17-11-18(14-19(12-17)35-25(15-31)8-9-25)34-21-6-5-16(13-20(21)26)24(33)29(2)3/h5-7,10-14,31H,4,8-9,15H2,1-3H3,(H,27,28,32). The third-order valence-corrected chi connectivity index (χ3v) is 5.89. The Hall–Kier alpha value is -3.56. The van der Waals surface area contributed by atoms with Gasteiger partial charge in [0.05, 0.1) is 11.6 Å². The molecule has 0 atom stereocenters. The number of aryl methyl sites for hydroxylation is 1. The number of nitrogens with one attached hydrogen (secondary N) is 1. The number of benzene rings is 2. The molecular formula is C25H27ClN4O5. The lowest BCUT2D eigenvalue weighted by molar-refractivity contribution is 0.0827. The molecule has 10 heteroatoms. The van der Waals surface area contributed by atoms with Gasteiger partial charge in [0, 0.05) is 50.1 Å². The number of rotatable bonds is 9. The summed E-state index contributed by atoms with van der Waals surface area (Å²) in [6.07, 6.45) is 3.21. The van der Waals surface area contributed by atoms with Gasteiger partial charge in [0.2, 0.25) is 0 Å². The van der Waals surface area contributed by atoms with Crippen LogP contribution in [0.3, 0.4) is 0 Å². The van der Waals surface area contributed by atoms with E-state index in [0.29, 0.717) is 35.2 Å². The number of aromatic nitrogens is 2. The Morgan fingerprint density at radius 1 is 1.14 bits per heavy atom. The van der Waals surface area contributed by atoms with Crippen LogP contribution in [0.1, 0.15) is 40.5 Å². The van der Waals surface area contributed by atoms with Crippen LogP contribution in [0, 0.1) is 0 Å². The van der Waals surface area contributed by atoms with E-state index in [0.717, 1.165) is 12.8 Å². The van der Waals surface area contributed by atoms with Crippen LogP contribution in [0.5, 0.6) is 17.2 Å². The number of amides is 2. The van der Waals surface area contributed by atoms with Crippen LogP contribution >= 0.6 is 11.6 Å². The van der Waals surface area contributed by atoms with Gasteiger partial charge in [-0.15, -0.1) is 0 Å². The Morgan fingerprint density at radius 3 is 2.49 bits per heavy atom. The molecule has 2 aromatic carbocycles. The SMILES string of the molecule is CCn1ccc(NC(=O)c2cc(Oc3ccc(C(=O)N(C)C)cc3Cl)cc(OC3(CO)CC3)c2)n1. The van der Waals surface area contributed by atoms with Gasteiger partial charge in [-0.2, -0.15) is 5.10 Å². The first kappa shape index (κ1) is 24.6. The van der Waals surface area contributed by atoms with Crippen molar-refractivity contribution in [2.45, 2.75) is 31.9 Å². The minimum atomic E-state index is -0.641. The van der Waals surface area contributed by atoms with Gasteiger partial charge in [-0.1, -0.05) is 11.6 Å². The Balaban J connectivity index is 1.61. The first-order valence-corrected chi connectivity index (χ1v) is 11.6. The number of carbonyl (C=O) groups excluding carboxylic acids is 2. The molecule has 35 heavy (non-hydrogen) atoms. The average Bonchev–Trinajstić information content (AvgIpc) is 3.46. The molecular weight excluding hydrogens is 472 g/mol. The molecule has 1 heterocycles. The lowest BCUT2D eigenvalue weighted by Gasteiger charge is -2.18. The van der Waals surface area contributed by atoms with E-state index in [1.54, 1.807) is 61.4 Å². The summed E-state index contributed by atoms with van der Waals surface area (Å²) in [5.74, 6) is 0.854. The largest absolute Gasteiger partial charge is 0.485 e. The summed E-state index contributed by atoms with van der Waals surface area (Å²) in [5.41, 5.74) is 0.0698. The molecule has 2 N–H and O–H groups in total. The highest BCUT2D eigenvalue weighted by molar-refractivity contribution is 6.32. The second kappa shape index (κ2) is 9.97. The van der Waals surface area contributed by atoms with Crippen molar-refractivity contribution < 1.29 is 24.2 Å². The molecule has 1 aliphatic rings. The van der Waals surface area contributed by atoms with Gasteiger partial charge in [0.15, 0.2) is 5.82 Å². The predicted octanol–water partition coefficient (Wildman–Crippen LogP) is 4.21. The number of ether oxygens (including phenoxy) is 2. The average molecular weight is 499 g/mol. The summed E-state index contributed by atoms with van der Waals surface area (Å²) in [4.78, 5) is 26.6. The van der Waals surface area contributed by atoms with Gasteiger partial charge in [-0.05, 0) is 50.1 Å². The van der Waals surface area contributed by atoms with Gasteiger partial charge >= 0.3 is 0 Å². The van der Waals surface area contributed by atoms with Crippen molar-refractivity contribution >= 4 is 29.2 Å². The third kappa shape index (κ3) is 5.75. The van der Waals surface area contributed by atoms with Crippen molar-refractivity contribution in [2.24, 2.45) is 0 Å². The molecule has 1 aromatic heterocycles. The molecule has 0 unspecified atom stereocenters. The number of carbonyl (C=O) groups is 2. The van der Waals surface area contributed by atoms with Crippen molar-refractivity contribution in [1.29, 1.82) is 0 Å². The third-order valence-electron chi connectivity index (χ3n) is 5.59. The Morgan fingerprint density at radius 2 is 1.89 bits per heavy atom. The summed E-state index contributed by atoms with van der Waals surface area (Å²) in [5, 5.41) is 17.0. The fourth-order valence-electron chi connectivity index (χ4n) is 3.40. The molecule has 1 saturated carbocycles. The van der Waals surface area contributed by atoms with Gasteiger partial charge in [0.25, 0.3) is 11.8 Å². The van der Waals surface area contributed by atoms with Gasteiger partial charge in [-0.3, -0.25) is 14.3 Å². The van der Waals surface area contributed by atoms with E-state index in [9.17, 15) is 14.7 Å². The Labute approximate surface area is 208 Å². The fourth-order valence-corrected chi connectivity index (χ4v) is 3.62. The summed E-state index contributed by atoms with van der Waals surface area (Å²) in [6, 6.07) is 11.2. The number of hydrogen-bond acceptors (Lipinski definition) is 6. The smallest absolute Gasteiger partial charge is 0.257 e. The molecule has 0 spiro atoms. The molecule has 4 rings (SSSR count). The monoisotopic (exact) mass is 498 g/mol. The first-order valence-electron chi connectivity index (χ1n) is 11.2. The zero-order valence-corrected chi connectivity index (χ0v) is 20.5. The van der Waals surface area contributed by atoms with Crippen molar-refractivity contribution in [3.63, 3.8) is 0 Å². The quantitative estimate of drug-likeness (QED) is 0.458. The van der Waals surface area contributed by atoms with Crippen LogP contribution < -0.4 is 14.8 Å². The van der Waals surface area contributed by atoms with Crippen molar-refractivity contribution in [1.82, 2.24) is 14.7 Å². The first-order chi connectivity index (χ1) is 16.7. The summed E-state index contributed by atoms with van der Waals surface area (Å²) in [6.45, 7) is 2.51. The second-order valence-electron chi connectivity index (χ2n) is 8.59. The second-order valence-corrected chi connectivity index (χ2v) is 9.00. The maximum Gasteiger partial charge on any atom is 0.257 e. The molecule has 1 aliphatic carbocycles. The van der Waals surface area contributed by atoms with Crippen LogP contribution in [0.15, 0.2) is 48.7 Å². The van der Waals surface area contributed by atoms with Gasteiger partial charge in [0.1, 0.15) is 22.8 Å². The number of hydrogen-bond donors (Lipinski definition) is 2.